The largest absolute Gasteiger partial charge is 0.315 e. The molecule has 1 saturated heterocycles. The fourth-order valence-corrected chi connectivity index (χ4v) is 2.21. The maximum absolute atomic E-state index is 4.24. The van der Waals surface area contributed by atoms with E-state index in [-0.39, 0.29) is 0 Å². The molecule has 1 fully saturated rings. The van der Waals surface area contributed by atoms with Crippen LogP contribution in [0.4, 0.5) is 0 Å². The predicted octanol–water partition coefficient (Wildman–Crippen LogP) is 0.637. The van der Waals surface area contributed by atoms with E-state index < -0.39 is 0 Å². The first-order valence-electron chi connectivity index (χ1n) is 4.77. The van der Waals surface area contributed by atoms with Gasteiger partial charge in [-0.05, 0) is 13.0 Å². The molecule has 4 heteroatoms. The van der Waals surface area contributed by atoms with Crippen LogP contribution >= 0.6 is 11.3 Å². The molecule has 1 atom stereocenters. The molecule has 2 N–H and O–H groups in total. The SMILES string of the molecule is c1csc(CCNC2CCNC2)n1. The van der Waals surface area contributed by atoms with Gasteiger partial charge in [0.2, 0.25) is 0 Å². The zero-order chi connectivity index (χ0) is 8.93. The molecule has 1 aliphatic rings. The average Bonchev–Trinajstić information content (AvgIpc) is 2.75. The standard InChI is InChI=1S/C9H15N3S/c1-3-10-7-8(1)11-4-2-9-12-5-6-13-9/h5-6,8,10-11H,1-4,7H2. The van der Waals surface area contributed by atoms with Gasteiger partial charge in [0.25, 0.3) is 0 Å². The Labute approximate surface area is 82.6 Å². The molecule has 1 aromatic heterocycles. The van der Waals surface area contributed by atoms with E-state index in [1.165, 1.54) is 11.4 Å². The van der Waals surface area contributed by atoms with Crippen LogP contribution in [-0.4, -0.2) is 30.7 Å². The molecule has 0 saturated carbocycles. The summed E-state index contributed by atoms with van der Waals surface area (Å²) in [6.45, 7) is 3.34. The molecule has 0 radical (unpaired) electrons. The van der Waals surface area contributed by atoms with Crippen LogP contribution in [0, 0.1) is 0 Å². The summed E-state index contributed by atoms with van der Waals surface area (Å²) in [6, 6.07) is 0.681. The van der Waals surface area contributed by atoms with Crippen molar-refractivity contribution in [3.05, 3.63) is 16.6 Å². The average molecular weight is 197 g/mol. The van der Waals surface area contributed by atoms with Gasteiger partial charge in [-0.15, -0.1) is 11.3 Å². The van der Waals surface area contributed by atoms with E-state index in [9.17, 15) is 0 Å². The van der Waals surface area contributed by atoms with Crippen LogP contribution < -0.4 is 10.6 Å². The summed E-state index contributed by atoms with van der Waals surface area (Å²) in [5.74, 6) is 0. The van der Waals surface area contributed by atoms with Crippen LogP contribution in [0.15, 0.2) is 11.6 Å². The molecule has 2 rings (SSSR count). The van der Waals surface area contributed by atoms with Gasteiger partial charge < -0.3 is 10.6 Å². The smallest absolute Gasteiger partial charge is 0.0937 e. The number of nitrogens with zero attached hydrogens (tertiary/aromatic N) is 1. The van der Waals surface area contributed by atoms with Gasteiger partial charge >= 0.3 is 0 Å². The van der Waals surface area contributed by atoms with E-state index in [1.807, 2.05) is 11.6 Å². The molecule has 0 aromatic carbocycles. The zero-order valence-corrected chi connectivity index (χ0v) is 8.44. The van der Waals surface area contributed by atoms with Gasteiger partial charge in [0.1, 0.15) is 0 Å². The lowest BCUT2D eigenvalue weighted by Gasteiger charge is -2.09. The lowest BCUT2D eigenvalue weighted by atomic mass is 10.2. The monoisotopic (exact) mass is 197 g/mol. The first-order valence-corrected chi connectivity index (χ1v) is 5.65. The van der Waals surface area contributed by atoms with Crippen molar-refractivity contribution in [1.82, 2.24) is 15.6 Å². The fraction of sp³-hybridized carbons (Fsp3) is 0.667. The van der Waals surface area contributed by atoms with Crippen molar-refractivity contribution < 1.29 is 0 Å². The normalized spacial score (nSPS) is 22.3. The molecular weight excluding hydrogens is 182 g/mol. The summed E-state index contributed by atoms with van der Waals surface area (Å²) in [6.07, 6.45) is 4.20. The molecule has 1 unspecified atom stereocenters. The Hall–Kier alpha value is -0.450. The van der Waals surface area contributed by atoms with Gasteiger partial charge in [-0.3, -0.25) is 0 Å². The molecule has 0 aliphatic carbocycles. The van der Waals surface area contributed by atoms with Crippen LogP contribution in [0.5, 0.6) is 0 Å². The third kappa shape index (κ3) is 2.76. The van der Waals surface area contributed by atoms with Crippen molar-refractivity contribution in [2.75, 3.05) is 19.6 Å². The Morgan fingerprint density at radius 2 is 2.69 bits per heavy atom. The molecule has 2 heterocycles. The summed E-state index contributed by atoms with van der Waals surface area (Å²) >= 11 is 1.74. The highest BCUT2D eigenvalue weighted by molar-refractivity contribution is 7.09. The maximum Gasteiger partial charge on any atom is 0.0937 e. The molecule has 13 heavy (non-hydrogen) atoms. The highest BCUT2D eigenvalue weighted by Crippen LogP contribution is 2.04. The van der Waals surface area contributed by atoms with Crippen molar-refractivity contribution >= 4 is 11.3 Å². The lowest BCUT2D eigenvalue weighted by Crippen LogP contribution is -2.32. The second kappa shape index (κ2) is 4.69. The fourth-order valence-electron chi connectivity index (χ4n) is 1.59. The summed E-state index contributed by atoms with van der Waals surface area (Å²) < 4.78 is 0. The Balaban J connectivity index is 1.63. The van der Waals surface area contributed by atoms with E-state index in [0.29, 0.717) is 6.04 Å². The first kappa shape index (κ1) is 9.12. The van der Waals surface area contributed by atoms with Crippen LogP contribution in [0.2, 0.25) is 0 Å². The summed E-state index contributed by atoms with van der Waals surface area (Å²) in [5, 5.41) is 10.1. The summed E-state index contributed by atoms with van der Waals surface area (Å²) in [4.78, 5) is 4.24. The van der Waals surface area contributed by atoms with Gasteiger partial charge in [-0.2, -0.15) is 0 Å². The third-order valence-corrected chi connectivity index (χ3v) is 3.16. The molecule has 0 bridgehead atoms. The molecule has 1 aromatic rings. The Bertz CT molecular complexity index is 229. The van der Waals surface area contributed by atoms with E-state index in [1.54, 1.807) is 11.3 Å². The minimum Gasteiger partial charge on any atom is -0.315 e. The van der Waals surface area contributed by atoms with Gasteiger partial charge in [-0.25, -0.2) is 4.98 Å². The minimum absolute atomic E-state index is 0.681. The van der Waals surface area contributed by atoms with Crippen molar-refractivity contribution in [2.45, 2.75) is 18.9 Å². The van der Waals surface area contributed by atoms with Crippen molar-refractivity contribution in [1.29, 1.82) is 0 Å². The van der Waals surface area contributed by atoms with Gasteiger partial charge in [0, 0.05) is 37.1 Å². The van der Waals surface area contributed by atoms with E-state index in [2.05, 4.69) is 15.6 Å². The summed E-state index contributed by atoms with van der Waals surface area (Å²) in [7, 11) is 0. The maximum atomic E-state index is 4.24. The zero-order valence-electron chi connectivity index (χ0n) is 7.62. The molecular formula is C9H15N3S. The summed E-state index contributed by atoms with van der Waals surface area (Å²) in [5.41, 5.74) is 0. The Morgan fingerprint density at radius 3 is 3.38 bits per heavy atom. The highest BCUT2D eigenvalue weighted by Gasteiger charge is 2.12. The highest BCUT2D eigenvalue weighted by atomic mass is 32.1. The topological polar surface area (TPSA) is 37.0 Å². The second-order valence-electron chi connectivity index (χ2n) is 3.32. The van der Waals surface area contributed by atoms with Crippen molar-refractivity contribution in [3.63, 3.8) is 0 Å². The van der Waals surface area contributed by atoms with Gasteiger partial charge in [0.15, 0.2) is 0 Å². The van der Waals surface area contributed by atoms with Gasteiger partial charge in [0.05, 0.1) is 5.01 Å². The number of thiazole rings is 1. The van der Waals surface area contributed by atoms with E-state index in [0.717, 1.165) is 26.1 Å². The molecule has 72 valence electrons. The second-order valence-corrected chi connectivity index (χ2v) is 4.30. The number of hydrogen-bond donors (Lipinski definition) is 2. The van der Waals surface area contributed by atoms with Crippen LogP contribution in [-0.2, 0) is 6.42 Å². The number of aromatic nitrogens is 1. The van der Waals surface area contributed by atoms with E-state index >= 15 is 0 Å². The molecule has 0 spiro atoms. The molecule has 3 nitrogen and oxygen atoms in total. The lowest BCUT2D eigenvalue weighted by molar-refractivity contribution is 0.550. The van der Waals surface area contributed by atoms with Crippen molar-refractivity contribution in [2.24, 2.45) is 0 Å². The predicted molar refractivity (Wildman–Crippen MR) is 55.1 cm³/mol. The van der Waals surface area contributed by atoms with Crippen LogP contribution in [0.25, 0.3) is 0 Å². The number of rotatable bonds is 4. The quantitative estimate of drug-likeness (QED) is 0.743. The third-order valence-electron chi connectivity index (χ3n) is 2.32. The Kier molecular flexibility index (Phi) is 3.29. The van der Waals surface area contributed by atoms with E-state index in [4.69, 9.17) is 0 Å². The van der Waals surface area contributed by atoms with Gasteiger partial charge in [-0.1, -0.05) is 0 Å². The molecule has 1 aliphatic heterocycles. The van der Waals surface area contributed by atoms with Crippen LogP contribution in [0.1, 0.15) is 11.4 Å². The number of hydrogen-bond acceptors (Lipinski definition) is 4. The van der Waals surface area contributed by atoms with Crippen LogP contribution in [0.3, 0.4) is 0 Å². The Morgan fingerprint density at radius 1 is 1.69 bits per heavy atom. The first-order chi connectivity index (χ1) is 6.45. The molecule has 0 amide bonds. The minimum atomic E-state index is 0.681. The number of nitrogens with one attached hydrogen (secondary N) is 2. The van der Waals surface area contributed by atoms with Crippen molar-refractivity contribution in [3.8, 4) is 0 Å².